The van der Waals surface area contributed by atoms with Gasteiger partial charge in [0.05, 0.1) is 11.9 Å². The molecular weight excluding hydrogens is 486 g/mol. The molecule has 0 unspecified atom stereocenters. The van der Waals surface area contributed by atoms with E-state index in [4.69, 9.17) is 0 Å². The first-order chi connectivity index (χ1) is 17.4. The van der Waals surface area contributed by atoms with Crippen LogP contribution in [0.5, 0.6) is 0 Å². The molecule has 3 aromatic rings. The van der Waals surface area contributed by atoms with Crippen molar-refractivity contribution in [3.8, 4) is 0 Å². The lowest BCUT2D eigenvalue weighted by atomic mass is 10.1. The molecule has 1 N–H and O–H groups in total. The predicted molar refractivity (Wildman–Crippen MR) is 150 cm³/mol. The van der Waals surface area contributed by atoms with Crippen molar-refractivity contribution in [1.29, 1.82) is 0 Å². The fraction of sp³-hybridized carbons (Fsp3) is 0.379. The molecule has 8 heteroatoms. The highest BCUT2D eigenvalue weighted by Crippen LogP contribution is 2.28. The van der Waals surface area contributed by atoms with Crippen molar-refractivity contribution in [3.63, 3.8) is 0 Å². The van der Waals surface area contributed by atoms with Gasteiger partial charge >= 0.3 is 0 Å². The fourth-order valence-corrected chi connectivity index (χ4v) is 5.23. The Morgan fingerprint density at radius 3 is 2.16 bits per heavy atom. The van der Waals surface area contributed by atoms with Gasteiger partial charge in [-0.15, -0.1) is 0 Å². The van der Waals surface area contributed by atoms with Gasteiger partial charge in [-0.25, -0.2) is 8.42 Å². The summed E-state index contributed by atoms with van der Waals surface area (Å²) < 4.78 is 27.0. The van der Waals surface area contributed by atoms with Gasteiger partial charge in [0.1, 0.15) is 12.6 Å². The molecule has 0 saturated carbocycles. The normalized spacial score (nSPS) is 12.7. The van der Waals surface area contributed by atoms with Gasteiger partial charge in [-0.3, -0.25) is 13.9 Å². The molecule has 2 amide bonds. The summed E-state index contributed by atoms with van der Waals surface area (Å²) in [5, 5.41) is 4.58. The third-order valence-corrected chi connectivity index (χ3v) is 7.21. The summed E-state index contributed by atoms with van der Waals surface area (Å²) in [6.07, 6.45) is 2.04. The summed E-state index contributed by atoms with van der Waals surface area (Å²) in [7, 11) is -3.80. The molecule has 37 heavy (non-hydrogen) atoms. The van der Waals surface area contributed by atoms with Crippen molar-refractivity contribution in [2.75, 3.05) is 23.7 Å². The molecule has 7 nitrogen and oxygen atoms in total. The summed E-state index contributed by atoms with van der Waals surface area (Å²) in [5.74, 6) is -0.683. The predicted octanol–water partition coefficient (Wildman–Crippen LogP) is 4.37. The average Bonchev–Trinajstić information content (AvgIpc) is 2.83. The molecule has 0 bridgehead atoms. The maximum absolute atomic E-state index is 13.8. The highest BCUT2D eigenvalue weighted by atomic mass is 32.2. The second kappa shape index (κ2) is 11.8. The van der Waals surface area contributed by atoms with Crippen LogP contribution in [0.2, 0.25) is 0 Å². The van der Waals surface area contributed by atoms with E-state index >= 15 is 0 Å². The first kappa shape index (κ1) is 28.2. The van der Waals surface area contributed by atoms with Gasteiger partial charge in [-0.05, 0) is 50.6 Å². The van der Waals surface area contributed by atoms with Crippen molar-refractivity contribution in [2.45, 2.75) is 52.1 Å². The van der Waals surface area contributed by atoms with E-state index in [0.29, 0.717) is 18.5 Å². The van der Waals surface area contributed by atoms with Crippen LogP contribution in [0.1, 0.15) is 39.7 Å². The number of rotatable bonds is 10. The van der Waals surface area contributed by atoms with Crippen LogP contribution in [0.4, 0.5) is 5.69 Å². The van der Waals surface area contributed by atoms with Gasteiger partial charge in [0.25, 0.3) is 0 Å². The number of nitrogens with one attached hydrogen (secondary N) is 1. The first-order valence-electron chi connectivity index (χ1n) is 12.5. The molecule has 1 atom stereocenters. The Kier molecular flexibility index (Phi) is 8.97. The summed E-state index contributed by atoms with van der Waals surface area (Å²) in [6, 6.07) is 21.8. The Labute approximate surface area is 220 Å². The molecule has 0 aliphatic carbocycles. The Morgan fingerprint density at radius 2 is 1.54 bits per heavy atom. The van der Waals surface area contributed by atoms with Crippen LogP contribution in [-0.2, 0) is 26.0 Å². The highest BCUT2D eigenvalue weighted by molar-refractivity contribution is 7.92. The highest BCUT2D eigenvalue weighted by Gasteiger charge is 2.33. The monoisotopic (exact) mass is 523 g/mol. The fourth-order valence-electron chi connectivity index (χ4n) is 4.37. The van der Waals surface area contributed by atoms with Crippen LogP contribution in [0.15, 0.2) is 72.8 Å². The van der Waals surface area contributed by atoms with Crippen molar-refractivity contribution in [3.05, 3.63) is 78.4 Å². The number of hydrogen-bond donors (Lipinski definition) is 1. The van der Waals surface area contributed by atoms with Gasteiger partial charge in [-0.1, -0.05) is 73.7 Å². The van der Waals surface area contributed by atoms with Gasteiger partial charge in [0, 0.05) is 17.5 Å². The number of benzene rings is 3. The zero-order valence-corrected chi connectivity index (χ0v) is 23.1. The summed E-state index contributed by atoms with van der Waals surface area (Å²) in [5.41, 5.74) is 0.991. The molecule has 0 aliphatic rings. The van der Waals surface area contributed by atoms with Crippen LogP contribution in [0.3, 0.4) is 0 Å². The SMILES string of the molecule is CC[C@@H](C(=O)NC(C)(C)C)N(CCc1ccccc1)C(=O)CN(c1cccc2ccccc12)S(C)(=O)=O. The lowest BCUT2D eigenvalue weighted by Gasteiger charge is -2.34. The van der Waals surface area contributed by atoms with Crippen molar-refractivity contribution in [2.24, 2.45) is 0 Å². The number of sulfonamides is 1. The second-order valence-electron chi connectivity index (χ2n) is 10.3. The van der Waals surface area contributed by atoms with Crippen LogP contribution in [0.25, 0.3) is 10.8 Å². The largest absolute Gasteiger partial charge is 0.350 e. The van der Waals surface area contributed by atoms with Gasteiger partial charge in [0.2, 0.25) is 21.8 Å². The van der Waals surface area contributed by atoms with E-state index in [1.807, 2.05) is 88.4 Å². The maximum atomic E-state index is 13.8. The first-order valence-corrected chi connectivity index (χ1v) is 14.4. The zero-order valence-electron chi connectivity index (χ0n) is 22.3. The smallest absolute Gasteiger partial charge is 0.244 e. The topological polar surface area (TPSA) is 86.8 Å². The van der Waals surface area contributed by atoms with Crippen molar-refractivity contribution in [1.82, 2.24) is 10.2 Å². The third-order valence-electron chi connectivity index (χ3n) is 6.08. The van der Waals surface area contributed by atoms with Crippen LogP contribution < -0.4 is 9.62 Å². The average molecular weight is 524 g/mol. The molecule has 0 heterocycles. The van der Waals surface area contributed by atoms with Crippen LogP contribution >= 0.6 is 0 Å². The maximum Gasteiger partial charge on any atom is 0.244 e. The van der Waals surface area contributed by atoms with Crippen molar-refractivity contribution >= 4 is 38.3 Å². The molecule has 198 valence electrons. The molecule has 0 saturated heterocycles. The van der Waals surface area contributed by atoms with Gasteiger partial charge in [-0.2, -0.15) is 0 Å². The van der Waals surface area contributed by atoms with E-state index in [0.717, 1.165) is 26.9 Å². The number of amides is 2. The quantitative estimate of drug-likeness (QED) is 0.428. The van der Waals surface area contributed by atoms with E-state index < -0.39 is 34.1 Å². The Hall–Kier alpha value is -3.39. The van der Waals surface area contributed by atoms with E-state index in [-0.39, 0.29) is 12.5 Å². The molecule has 3 aromatic carbocycles. The van der Waals surface area contributed by atoms with Gasteiger partial charge in [0.15, 0.2) is 0 Å². The van der Waals surface area contributed by atoms with E-state index in [1.165, 1.54) is 4.90 Å². The number of anilines is 1. The molecule has 0 radical (unpaired) electrons. The summed E-state index contributed by atoms with van der Waals surface area (Å²) in [6.45, 7) is 7.40. The molecule has 3 rings (SSSR count). The number of carbonyl (C=O) groups is 2. The minimum Gasteiger partial charge on any atom is -0.350 e. The Morgan fingerprint density at radius 1 is 0.919 bits per heavy atom. The number of hydrogen-bond acceptors (Lipinski definition) is 4. The Bertz CT molecular complexity index is 1330. The Balaban J connectivity index is 1.98. The zero-order chi connectivity index (χ0) is 27.2. The minimum absolute atomic E-state index is 0.257. The minimum atomic E-state index is -3.80. The second-order valence-corrected chi connectivity index (χ2v) is 12.2. The van der Waals surface area contributed by atoms with E-state index in [2.05, 4.69) is 5.32 Å². The van der Waals surface area contributed by atoms with Crippen molar-refractivity contribution < 1.29 is 18.0 Å². The molecule has 0 spiro atoms. The number of fused-ring (bicyclic) bond motifs is 1. The van der Waals surface area contributed by atoms with Crippen LogP contribution in [-0.4, -0.2) is 56.1 Å². The van der Waals surface area contributed by atoms with Gasteiger partial charge < -0.3 is 10.2 Å². The summed E-state index contributed by atoms with van der Waals surface area (Å²) >= 11 is 0. The van der Waals surface area contributed by atoms with E-state index in [1.54, 1.807) is 12.1 Å². The summed E-state index contributed by atoms with van der Waals surface area (Å²) in [4.78, 5) is 28.6. The third kappa shape index (κ3) is 7.55. The van der Waals surface area contributed by atoms with E-state index in [9.17, 15) is 18.0 Å². The van der Waals surface area contributed by atoms with Crippen LogP contribution in [0, 0.1) is 0 Å². The molecule has 0 aromatic heterocycles. The molecule has 0 aliphatic heterocycles. The number of nitrogens with zero attached hydrogens (tertiary/aromatic N) is 2. The molecular formula is C29H37N3O4S. The lowest BCUT2D eigenvalue weighted by molar-refractivity contribution is -0.140. The lowest BCUT2D eigenvalue weighted by Crippen LogP contribution is -2.56. The standard InChI is InChI=1S/C29H37N3O4S/c1-6-25(28(34)30-29(2,3)4)31(20-19-22-13-8-7-9-14-22)27(33)21-32(37(5,35)36)26-18-12-16-23-15-10-11-17-24(23)26/h7-18,25H,6,19-21H2,1-5H3,(H,30,34)/t25-/m0/s1. The number of carbonyl (C=O) groups excluding carboxylic acids is 2. The molecule has 0 fully saturated rings.